The zero-order valence-electron chi connectivity index (χ0n) is 17.3. The lowest BCUT2D eigenvalue weighted by Crippen LogP contribution is -2.17. The van der Waals surface area contributed by atoms with Gasteiger partial charge in [0.05, 0.1) is 17.8 Å². The van der Waals surface area contributed by atoms with E-state index in [0.717, 1.165) is 16.9 Å². The summed E-state index contributed by atoms with van der Waals surface area (Å²) in [6.07, 6.45) is 0. The van der Waals surface area contributed by atoms with Crippen molar-refractivity contribution in [2.45, 2.75) is 17.6 Å². The van der Waals surface area contributed by atoms with E-state index >= 15 is 0 Å². The highest BCUT2D eigenvalue weighted by atomic mass is 32.2. The summed E-state index contributed by atoms with van der Waals surface area (Å²) < 4.78 is 33.2. The molecule has 0 unspecified atom stereocenters. The van der Waals surface area contributed by atoms with Crippen molar-refractivity contribution in [2.75, 3.05) is 22.9 Å². The summed E-state index contributed by atoms with van der Waals surface area (Å²) in [5.41, 5.74) is 2.83. The van der Waals surface area contributed by atoms with Crippen LogP contribution in [0, 0.1) is 6.92 Å². The van der Waals surface area contributed by atoms with E-state index in [1.807, 2.05) is 37.3 Å². The molecule has 0 aromatic heterocycles. The Hall–Kier alpha value is -2.97. The molecule has 0 aliphatic rings. The van der Waals surface area contributed by atoms with Crippen LogP contribution in [0.3, 0.4) is 0 Å². The van der Waals surface area contributed by atoms with Crippen molar-refractivity contribution in [3.63, 3.8) is 0 Å². The second-order valence-electron chi connectivity index (χ2n) is 6.84. The van der Waals surface area contributed by atoms with Gasteiger partial charge in [-0.25, -0.2) is 8.42 Å². The minimum atomic E-state index is -3.81. The van der Waals surface area contributed by atoms with E-state index in [9.17, 15) is 13.2 Å². The van der Waals surface area contributed by atoms with Gasteiger partial charge >= 0.3 is 0 Å². The van der Waals surface area contributed by atoms with Crippen LogP contribution in [0.15, 0.2) is 77.7 Å². The summed E-state index contributed by atoms with van der Waals surface area (Å²) in [5.74, 6) is 1.46. The quantitative estimate of drug-likeness (QED) is 0.489. The molecule has 0 spiro atoms. The molecule has 3 aromatic carbocycles. The van der Waals surface area contributed by atoms with Gasteiger partial charge in [0.25, 0.3) is 10.0 Å². The molecule has 0 radical (unpaired) electrons. The summed E-state index contributed by atoms with van der Waals surface area (Å²) in [6, 6.07) is 21.2. The fourth-order valence-electron chi connectivity index (χ4n) is 2.80. The van der Waals surface area contributed by atoms with Crippen LogP contribution in [0.5, 0.6) is 5.75 Å². The van der Waals surface area contributed by atoms with Crippen molar-refractivity contribution in [2.24, 2.45) is 0 Å². The Labute approximate surface area is 187 Å². The number of aryl methyl sites for hydroxylation is 1. The normalized spacial score (nSPS) is 11.0. The maximum absolute atomic E-state index is 12.8. The molecule has 2 N–H and O–H groups in total. The van der Waals surface area contributed by atoms with Crippen LogP contribution in [0.4, 0.5) is 11.4 Å². The third-order valence-electron chi connectivity index (χ3n) is 4.48. The summed E-state index contributed by atoms with van der Waals surface area (Å²) in [7, 11) is -2.27. The van der Waals surface area contributed by atoms with Crippen molar-refractivity contribution in [3.8, 4) is 5.75 Å². The van der Waals surface area contributed by atoms with Gasteiger partial charge < -0.3 is 10.1 Å². The number of methoxy groups -OCH3 is 1. The smallest absolute Gasteiger partial charge is 0.261 e. The lowest BCUT2D eigenvalue weighted by atomic mass is 10.2. The third kappa shape index (κ3) is 6.50. The molecular formula is C23H24N2O4S2. The molecule has 6 nitrogen and oxygen atoms in total. The monoisotopic (exact) mass is 456 g/mol. The van der Waals surface area contributed by atoms with E-state index in [-0.39, 0.29) is 16.6 Å². The van der Waals surface area contributed by atoms with Gasteiger partial charge in [0, 0.05) is 17.1 Å². The molecule has 0 atom stereocenters. The fraction of sp³-hybridized carbons (Fsp3) is 0.174. The van der Waals surface area contributed by atoms with Crippen LogP contribution in [0.2, 0.25) is 0 Å². The first kappa shape index (κ1) is 22.7. The second-order valence-corrected chi connectivity index (χ2v) is 9.51. The van der Waals surface area contributed by atoms with Crippen LogP contribution in [-0.2, 0) is 20.6 Å². The summed E-state index contributed by atoms with van der Waals surface area (Å²) in [5, 5.41) is 2.82. The molecule has 3 rings (SSSR count). The first-order valence-corrected chi connectivity index (χ1v) is 12.2. The van der Waals surface area contributed by atoms with Gasteiger partial charge in [-0.1, -0.05) is 36.4 Å². The van der Waals surface area contributed by atoms with Crippen molar-refractivity contribution in [3.05, 3.63) is 83.9 Å². The highest BCUT2D eigenvalue weighted by Gasteiger charge is 2.17. The van der Waals surface area contributed by atoms with Crippen LogP contribution < -0.4 is 14.8 Å². The molecule has 0 aliphatic carbocycles. The molecule has 0 bridgehead atoms. The Balaban J connectivity index is 1.64. The second kappa shape index (κ2) is 10.4. The molecule has 8 heteroatoms. The summed E-state index contributed by atoms with van der Waals surface area (Å²) in [6.45, 7) is 1.82. The predicted octanol–water partition coefficient (Wildman–Crippen LogP) is 4.68. The van der Waals surface area contributed by atoms with Crippen LogP contribution in [-0.4, -0.2) is 27.2 Å². The first-order valence-electron chi connectivity index (χ1n) is 9.56. The highest BCUT2D eigenvalue weighted by molar-refractivity contribution is 7.99. The number of amides is 1. The SMILES string of the molecule is COc1ccc(NS(=O)(=O)c2ccc(C)c(NC(=O)CSCc3ccccc3)c2)cc1. The van der Waals surface area contributed by atoms with Gasteiger partial charge in [-0.15, -0.1) is 11.8 Å². The lowest BCUT2D eigenvalue weighted by molar-refractivity contribution is -0.113. The van der Waals surface area contributed by atoms with E-state index in [0.29, 0.717) is 17.1 Å². The Bertz CT molecular complexity index is 1130. The third-order valence-corrected chi connectivity index (χ3v) is 6.86. The molecule has 1 amide bonds. The summed E-state index contributed by atoms with van der Waals surface area (Å²) >= 11 is 1.50. The van der Waals surface area contributed by atoms with Gasteiger partial charge in [-0.2, -0.15) is 0 Å². The number of hydrogen-bond donors (Lipinski definition) is 2. The predicted molar refractivity (Wildman–Crippen MR) is 126 cm³/mol. The van der Waals surface area contributed by atoms with Gasteiger partial charge in [0.1, 0.15) is 5.75 Å². The van der Waals surface area contributed by atoms with E-state index in [2.05, 4.69) is 10.0 Å². The number of hydrogen-bond acceptors (Lipinski definition) is 5. The standard InChI is InChI=1S/C23H24N2O4S2/c1-17-8-13-21(31(27,28)25-19-9-11-20(29-2)12-10-19)14-22(17)24-23(26)16-30-15-18-6-4-3-5-7-18/h3-14,25H,15-16H2,1-2H3,(H,24,26). The molecule has 0 heterocycles. The molecule has 162 valence electrons. The minimum absolute atomic E-state index is 0.0705. The van der Waals surface area contributed by atoms with Gasteiger partial charge in [-0.3, -0.25) is 9.52 Å². The van der Waals surface area contributed by atoms with E-state index in [1.165, 1.54) is 23.9 Å². The Morgan fingerprint density at radius 3 is 2.39 bits per heavy atom. The number of sulfonamides is 1. The first-order chi connectivity index (χ1) is 14.9. The van der Waals surface area contributed by atoms with E-state index in [4.69, 9.17) is 4.74 Å². The number of rotatable bonds is 9. The molecule has 0 fully saturated rings. The van der Waals surface area contributed by atoms with Crippen LogP contribution in [0.1, 0.15) is 11.1 Å². The maximum Gasteiger partial charge on any atom is 0.261 e. The van der Waals surface area contributed by atoms with Crippen molar-refractivity contribution in [1.29, 1.82) is 0 Å². The number of carbonyl (C=O) groups is 1. The average molecular weight is 457 g/mol. The number of ether oxygens (including phenoxy) is 1. The van der Waals surface area contributed by atoms with Crippen LogP contribution in [0.25, 0.3) is 0 Å². The topological polar surface area (TPSA) is 84.5 Å². The Kier molecular flexibility index (Phi) is 7.59. The average Bonchev–Trinajstić information content (AvgIpc) is 2.76. The molecular weight excluding hydrogens is 432 g/mol. The van der Waals surface area contributed by atoms with Crippen molar-refractivity contribution >= 4 is 39.1 Å². The number of benzene rings is 3. The number of nitrogens with one attached hydrogen (secondary N) is 2. The summed E-state index contributed by atoms with van der Waals surface area (Å²) in [4.78, 5) is 12.4. The highest BCUT2D eigenvalue weighted by Crippen LogP contribution is 2.24. The lowest BCUT2D eigenvalue weighted by Gasteiger charge is -2.13. The van der Waals surface area contributed by atoms with E-state index in [1.54, 1.807) is 37.4 Å². The van der Waals surface area contributed by atoms with Crippen molar-refractivity contribution < 1.29 is 17.9 Å². The molecule has 0 saturated carbocycles. The Morgan fingerprint density at radius 1 is 1.00 bits per heavy atom. The molecule has 31 heavy (non-hydrogen) atoms. The van der Waals surface area contributed by atoms with Crippen molar-refractivity contribution in [1.82, 2.24) is 0 Å². The van der Waals surface area contributed by atoms with Gasteiger partial charge in [-0.05, 0) is 54.4 Å². The number of carbonyl (C=O) groups excluding carboxylic acids is 1. The number of anilines is 2. The van der Waals surface area contributed by atoms with Gasteiger partial charge in [0.15, 0.2) is 0 Å². The molecule has 0 aliphatic heterocycles. The van der Waals surface area contributed by atoms with Crippen LogP contribution >= 0.6 is 11.8 Å². The Morgan fingerprint density at radius 2 is 1.71 bits per heavy atom. The molecule has 3 aromatic rings. The van der Waals surface area contributed by atoms with E-state index < -0.39 is 10.0 Å². The maximum atomic E-state index is 12.8. The van der Waals surface area contributed by atoms with Gasteiger partial charge in [0.2, 0.25) is 5.91 Å². The minimum Gasteiger partial charge on any atom is -0.497 e. The fourth-order valence-corrected chi connectivity index (χ4v) is 4.67. The number of thioether (sulfide) groups is 1. The zero-order valence-corrected chi connectivity index (χ0v) is 18.9. The largest absolute Gasteiger partial charge is 0.497 e. The zero-order chi connectivity index (χ0) is 22.3. The molecule has 0 saturated heterocycles.